The number of aliphatic hydroxyl groups excluding tert-OH is 8. The first kappa shape index (κ1) is 25.8. The molecule has 2 fully saturated rings. The van der Waals surface area contributed by atoms with Crippen LogP contribution in [-0.2, 0) is 14.2 Å². The monoisotopic (exact) mass is 451 g/mol. The fourth-order valence-electron chi connectivity index (χ4n) is 3.08. The van der Waals surface area contributed by atoms with Gasteiger partial charge >= 0.3 is 0 Å². The zero-order valence-electron chi connectivity index (χ0n) is 16.3. The average Bonchev–Trinajstić information content (AvgIpc) is 2.80. The van der Waals surface area contributed by atoms with Gasteiger partial charge in [-0.2, -0.15) is 0 Å². The van der Waals surface area contributed by atoms with Gasteiger partial charge in [-0.25, -0.2) is 0 Å². The van der Waals surface area contributed by atoms with E-state index in [4.69, 9.17) is 24.5 Å². The van der Waals surface area contributed by atoms with E-state index in [9.17, 15) is 35.7 Å². The fraction of sp³-hybridized carbons (Fsp3) is 0.667. The van der Waals surface area contributed by atoms with Crippen LogP contribution < -0.4 is 5.48 Å². The van der Waals surface area contributed by atoms with Crippen molar-refractivity contribution in [1.29, 1.82) is 0 Å². The van der Waals surface area contributed by atoms with E-state index in [1.54, 1.807) is 12.1 Å². The smallest absolute Gasteiger partial charge is 0.187 e. The highest BCUT2D eigenvalue weighted by molar-refractivity contribution is 5.39. The van der Waals surface area contributed by atoms with Crippen molar-refractivity contribution >= 4 is 5.69 Å². The van der Waals surface area contributed by atoms with Gasteiger partial charge in [0.1, 0.15) is 48.8 Å². The van der Waals surface area contributed by atoms with Crippen LogP contribution in [0.15, 0.2) is 30.3 Å². The van der Waals surface area contributed by atoms with Gasteiger partial charge in [0, 0.05) is 0 Å². The van der Waals surface area contributed by atoms with E-state index in [2.05, 4.69) is 0 Å². The predicted molar refractivity (Wildman–Crippen MR) is 100 cm³/mol. The molecule has 3 rings (SSSR count). The molecule has 0 bridgehead atoms. The molecule has 0 spiro atoms. The SMILES string of the molecule is OC[C@H]1O[C@@H](O[C@H]2[C@H](O)[C@@H](O)[C@H](O)O[C@@H]2CO)[C@H](O)[C@@H](O)[C@H]1O.ONc1ccccc1. The minimum atomic E-state index is -1.74. The molecule has 10 atom stereocenters. The molecule has 0 amide bonds. The van der Waals surface area contributed by atoms with Gasteiger partial charge < -0.3 is 55.1 Å². The first-order valence-corrected chi connectivity index (χ1v) is 9.46. The molecule has 13 heteroatoms. The number of ether oxygens (including phenoxy) is 3. The van der Waals surface area contributed by atoms with Crippen molar-refractivity contribution in [2.45, 2.75) is 61.4 Å². The third-order valence-corrected chi connectivity index (χ3v) is 4.88. The summed E-state index contributed by atoms with van der Waals surface area (Å²) in [4.78, 5) is 0. The first-order chi connectivity index (χ1) is 14.7. The van der Waals surface area contributed by atoms with Crippen LogP contribution in [0.2, 0.25) is 0 Å². The zero-order valence-corrected chi connectivity index (χ0v) is 16.3. The van der Waals surface area contributed by atoms with Gasteiger partial charge in [0.15, 0.2) is 12.6 Å². The maximum absolute atomic E-state index is 9.94. The molecule has 0 radical (unpaired) electrons. The van der Waals surface area contributed by atoms with E-state index in [-0.39, 0.29) is 0 Å². The lowest BCUT2D eigenvalue weighted by atomic mass is 9.97. The number of anilines is 1. The molecule has 10 N–H and O–H groups in total. The molecular weight excluding hydrogens is 422 g/mol. The van der Waals surface area contributed by atoms with Crippen molar-refractivity contribution in [3.63, 3.8) is 0 Å². The Morgan fingerprint density at radius 3 is 1.87 bits per heavy atom. The molecule has 0 unspecified atom stereocenters. The Balaban J connectivity index is 0.000000357. The Morgan fingerprint density at radius 2 is 1.35 bits per heavy atom. The minimum Gasteiger partial charge on any atom is -0.394 e. The summed E-state index contributed by atoms with van der Waals surface area (Å²) in [5.74, 6) is 0. The van der Waals surface area contributed by atoms with Gasteiger partial charge in [-0.05, 0) is 12.1 Å². The van der Waals surface area contributed by atoms with E-state index in [1.165, 1.54) is 0 Å². The molecule has 0 aliphatic carbocycles. The third kappa shape index (κ3) is 6.29. The van der Waals surface area contributed by atoms with Crippen LogP contribution in [0.4, 0.5) is 5.69 Å². The van der Waals surface area contributed by atoms with Crippen LogP contribution in [0.1, 0.15) is 0 Å². The number of para-hydroxylation sites is 1. The van der Waals surface area contributed by atoms with Gasteiger partial charge in [-0.1, -0.05) is 18.2 Å². The van der Waals surface area contributed by atoms with E-state index in [0.29, 0.717) is 5.69 Å². The average molecular weight is 451 g/mol. The van der Waals surface area contributed by atoms with E-state index in [0.717, 1.165) is 0 Å². The Hall–Kier alpha value is -1.46. The molecule has 13 nitrogen and oxygen atoms in total. The lowest BCUT2D eigenvalue weighted by molar-refractivity contribution is -0.355. The second kappa shape index (κ2) is 12.0. The van der Waals surface area contributed by atoms with Crippen molar-refractivity contribution in [3.05, 3.63) is 30.3 Å². The number of hydrogen-bond donors (Lipinski definition) is 10. The lowest BCUT2D eigenvalue weighted by Crippen LogP contribution is -2.64. The Labute approximate surface area is 177 Å². The summed E-state index contributed by atoms with van der Waals surface area (Å²) < 4.78 is 15.3. The largest absolute Gasteiger partial charge is 0.394 e. The molecule has 1 aromatic carbocycles. The summed E-state index contributed by atoms with van der Waals surface area (Å²) >= 11 is 0. The minimum absolute atomic E-state index is 0.667. The highest BCUT2D eigenvalue weighted by Gasteiger charge is 2.50. The van der Waals surface area contributed by atoms with Crippen molar-refractivity contribution in [2.24, 2.45) is 0 Å². The third-order valence-electron chi connectivity index (χ3n) is 4.88. The molecule has 2 aliphatic heterocycles. The number of hydrogen-bond acceptors (Lipinski definition) is 13. The second-order valence-corrected chi connectivity index (χ2v) is 7.00. The van der Waals surface area contributed by atoms with E-state index < -0.39 is 74.6 Å². The van der Waals surface area contributed by atoms with Crippen molar-refractivity contribution in [2.75, 3.05) is 18.7 Å². The topological polar surface area (TPSA) is 222 Å². The van der Waals surface area contributed by atoms with Crippen LogP contribution in [0, 0.1) is 0 Å². The summed E-state index contributed by atoms with van der Waals surface area (Å²) in [5.41, 5.74) is 2.74. The molecular formula is C18H29NO12. The van der Waals surface area contributed by atoms with Crippen LogP contribution in [0.25, 0.3) is 0 Å². The molecule has 1 aromatic rings. The number of benzene rings is 1. The Bertz CT molecular complexity index is 635. The molecule has 178 valence electrons. The predicted octanol–water partition coefficient (Wildman–Crippen LogP) is -3.91. The number of nitrogens with one attached hydrogen (secondary N) is 1. The van der Waals surface area contributed by atoms with Gasteiger partial charge in [0.2, 0.25) is 0 Å². The molecule has 2 aliphatic rings. The normalized spacial score (nSPS) is 40.5. The molecule has 31 heavy (non-hydrogen) atoms. The Kier molecular flexibility index (Phi) is 9.95. The standard InChI is InChI=1S/C12H22O11.C6H7NO/c13-1-3-5(15)6(16)9(19)12(22-3)23-10-4(2-14)21-11(20)8(18)7(10)17;8-7-6-4-2-1-3-5-6/h3-20H,1-2H2;1-5,7-8H/t3-,4-,5+,6+,7-,8-,9-,10-,11-,12+;/m1./s1. The van der Waals surface area contributed by atoms with E-state index in [1.807, 2.05) is 23.7 Å². The quantitative estimate of drug-likeness (QED) is 0.194. The summed E-state index contributed by atoms with van der Waals surface area (Å²) in [6.45, 7) is -1.35. The maximum Gasteiger partial charge on any atom is 0.187 e. The van der Waals surface area contributed by atoms with E-state index >= 15 is 0 Å². The molecule has 2 saturated heterocycles. The zero-order chi connectivity index (χ0) is 23.1. The van der Waals surface area contributed by atoms with Gasteiger partial charge in [0.25, 0.3) is 0 Å². The van der Waals surface area contributed by atoms with Crippen LogP contribution in [0.5, 0.6) is 0 Å². The van der Waals surface area contributed by atoms with Gasteiger partial charge in [-0.3, -0.25) is 10.7 Å². The van der Waals surface area contributed by atoms with Crippen molar-refractivity contribution in [3.8, 4) is 0 Å². The molecule has 0 saturated carbocycles. The summed E-state index contributed by atoms with van der Waals surface area (Å²) in [7, 11) is 0. The number of rotatable bonds is 5. The molecule has 0 aromatic heterocycles. The Morgan fingerprint density at radius 1 is 0.742 bits per heavy atom. The summed E-state index contributed by atoms with van der Waals surface area (Å²) in [6, 6.07) is 9.14. The van der Waals surface area contributed by atoms with Crippen LogP contribution in [0.3, 0.4) is 0 Å². The highest BCUT2D eigenvalue weighted by atomic mass is 16.7. The van der Waals surface area contributed by atoms with Crippen LogP contribution in [-0.4, -0.2) is 121 Å². The summed E-state index contributed by atoms with van der Waals surface area (Å²) in [6.07, 6.45) is -15.6. The van der Waals surface area contributed by atoms with Crippen molar-refractivity contribution < 1.29 is 60.3 Å². The van der Waals surface area contributed by atoms with Crippen LogP contribution >= 0.6 is 0 Å². The first-order valence-electron chi connectivity index (χ1n) is 9.46. The highest BCUT2D eigenvalue weighted by Crippen LogP contribution is 2.28. The lowest BCUT2D eigenvalue weighted by Gasteiger charge is -2.45. The fourth-order valence-corrected chi connectivity index (χ4v) is 3.08. The van der Waals surface area contributed by atoms with Crippen molar-refractivity contribution in [1.82, 2.24) is 0 Å². The van der Waals surface area contributed by atoms with Gasteiger partial charge in [0.05, 0.1) is 18.9 Å². The molecule has 2 heterocycles. The second-order valence-electron chi connectivity index (χ2n) is 7.00. The summed E-state index contributed by atoms with van der Waals surface area (Å²) in [5, 5.41) is 84.8. The number of aliphatic hydroxyl groups is 8. The van der Waals surface area contributed by atoms with Gasteiger partial charge in [-0.15, -0.1) is 0 Å². The maximum atomic E-state index is 9.94.